The lowest BCUT2D eigenvalue weighted by Gasteiger charge is -2.37. The summed E-state index contributed by atoms with van der Waals surface area (Å²) in [5.41, 5.74) is 10.2. The second kappa shape index (κ2) is 5.96. The molecule has 0 amide bonds. The molecule has 2 atom stereocenters. The topological polar surface area (TPSA) is 29.3 Å². The normalized spacial score (nSPS) is 21.3. The summed E-state index contributed by atoms with van der Waals surface area (Å²) in [4.78, 5) is 2.29. The predicted molar refractivity (Wildman–Crippen MR) is 83.3 cm³/mol. The number of nitrogens with zero attached hydrogens (tertiary/aromatic N) is 1. The van der Waals surface area contributed by atoms with Crippen molar-refractivity contribution in [1.82, 2.24) is 4.90 Å². The van der Waals surface area contributed by atoms with Crippen LogP contribution in [0, 0.1) is 5.82 Å². The number of hydrogen-bond donors (Lipinski definition) is 1. The Kier molecular flexibility index (Phi) is 4.04. The lowest BCUT2D eigenvalue weighted by molar-refractivity contribution is 0.184. The van der Waals surface area contributed by atoms with Crippen LogP contribution in [0.5, 0.6) is 0 Å². The van der Waals surface area contributed by atoms with Gasteiger partial charge in [0.2, 0.25) is 0 Å². The van der Waals surface area contributed by atoms with Crippen LogP contribution in [-0.2, 0) is 13.0 Å². The third kappa shape index (κ3) is 2.99. The molecule has 0 aromatic heterocycles. The van der Waals surface area contributed by atoms with E-state index < -0.39 is 0 Å². The van der Waals surface area contributed by atoms with Gasteiger partial charge < -0.3 is 5.73 Å². The van der Waals surface area contributed by atoms with E-state index in [-0.39, 0.29) is 11.9 Å². The molecule has 0 fully saturated rings. The lowest BCUT2D eigenvalue weighted by Crippen LogP contribution is -2.43. The maximum absolute atomic E-state index is 13.0. The van der Waals surface area contributed by atoms with Gasteiger partial charge in [-0.05, 0) is 48.7 Å². The predicted octanol–water partition coefficient (Wildman–Crippen LogP) is 3.27. The molecule has 0 spiro atoms. The van der Waals surface area contributed by atoms with Crippen LogP contribution < -0.4 is 5.73 Å². The molecule has 2 nitrogen and oxygen atoms in total. The quantitative estimate of drug-likeness (QED) is 0.937. The molecule has 3 heteroatoms. The molecule has 0 saturated carbocycles. The molecular formula is C18H21FN2. The summed E-state index contributed by atoms with van der Waals surface area (Å²) in [6, 6.07) is 15.5. The Bertz CT molecular complexity index is 609. The second-order valence-electron chi connectivity index (χ2n) is 5.87. The van der Waals surface area contributed by atoms with E-state index in [1.54, 1.807) is 0 Å². The summed E-state index contributed by atoms with van der Waals surface area (Å²) >= 11 is 0. The van der Waals surface area contributed by atoms with Gasteiger partial charge in [0.05, 0.1) is 0 Å². The first-order valence-corrected chi connectivity index (χ1v) is 7.43. The highest BCUT2D eigenvalue weighted by Gasteiger charge is 2.29. The van der Waals surface area contributed by atoms with Crippen LogP contribution in [0.2, 0.25) is 0 Å². The molecule has 21 heavy (non-hydrogen) atoms. The summed E-state index contributed by atoms with van der Waals surface area (Å²) in [7, 11) is 2.10. The van der Waals surface area contributed by atoms with E-state index in [1.165, 1.54) is 23.3 Å². The highest BCUT2D eigenvalue weighted by atomic mass is 19.1. The van der Waals surface area contributed by atoms with Crippen molar-refractivity contribution < 1.29 is 4.39 Å². The van der Waals surface area contributed by atoms with Crippen LogP contribution in [0.3, 0.4) is 0 Å². The van der Waals surface area contributed by atoms with E-state index >= 15 is 0 Å². The van der Waals surface area contributed by atoms with E-state index in [0.29, 0.717) is 6.04 Å². The number of halogens is 1. The van der Waals surface area contributed by atoms with Crippen molar-refractivity contribution in [3.63, 3.8) is 0 Å². The fourth-order valence-corrected chi connectivity index (χ4v) is 3.27. The third-order valence-corrected chi connectivity index (χ3v) is 4.45. The van der Waals surface area contributed by atoms with Gasteiger partial charge in [-0.15, -0.1) is 0 Å². The molecule has 3 rings (SSSR count). The van der Waals surface area contributed by atoms with Crippen LogP contribution in [0.25, 0.3) is 0 Å². The maximum Gasteiger partial charge on any atom is 0.123 e. The average Bonchev–Trinajstić information content (AvgIpc) is 2.50. The fraction of sp³-hybridized carbons (Fsp3) is 0.333. The molecular weight excluding hydrogens is 263 g/mol. The first-order valence-electron chi connectivity index (χ1n) is 7.43. The molecule has 2 aromatic rings. The van der Waals surface area contributed by atoms with Crippen LogP contribution in [0.1, 0.15) is 29.2 Å². The summed E-state index contributed by atoms with van der Waals surface area (Å²) in [5, 5.41) is 0. The first kappa shape index (κ1) is 14.2. The highest BCUT2D eigenvalue weighted by Crippen LogP contribution is 2.31. The lowest BCUT2D eigenvalue weighted by atomic mass is 9.84. The molecule has 1 aliphatic carbocycles. The van der Waals surface area contributed by atoms with Crippen molar-refractivity contribution in [3.8, 4) is 0 Å². The molecule has 0 heterocycles. The minimum absolute atomic E-state index is 0.0420. The molecule has 2 unspecified atom stereocenters. The third-order valence-electron chi connectivity index (χ3n) is 4.45. The van der Waals surface area contributed by atoms with Crippen molar-refractivity contribution in [2.75, 3.05) is 7.05 Å². The standard InChI is InChI=1S/C18H21FN2/c1-21(12-13-6-9-15(19)10-7-13)17-11-8-14-4-2-3-5-16(14)18(17)20/h2-7,9-10,17-18H,8,11-12,20H2,1H3. The average molecular weight is 284 g/mol. The Labute approximate surface area is 125 Å². The van der Waals surface area contributed by atoms with Gasteiger partial charge in [0, 0.05) is 18.6 Å². The number of aryl methyl sites for hydroxylation is 1. The zero-order valence-electron chi connectivity index (χ0n) is 12.3. The van der Waals surface area contributed by atoms with Crippen molar-refractivity contribution in [1.29, 1.82) is 0 Å². The number of rotatable bonds is 3. The van der Waals surface area contributed by atoms with E-state index in [4.69, 9.17) is 5.73 Å². The Morgan fingerprint density at radius 3 is 2.62 bits per heavy atom. The van der Waals surface area contributed by atoms with Crippen molar-refractivity contribution >= 4 is 0 Å². The summed E-state index contributed by atoms with van der Waals surface area (Å²) < 4.78 is 13.0. The molecule has 0 radical (unpaired) electrons. The number of fused-ring (bicyclic) bond motifs is 1. The van der Waals surface area contributed by atoms with Crippen LogP contribution in [-0.4, -0.2) is 18.0 Å². The number of benzene rings is 2. The molecule has 2 aromatic carbocycles. The molecule has 0 aliphatic heterocycles. The fourth-order valence-electron chi connectivity index (χ4n) is 3.27. The largest absolute Gasteiger partial charge is 0.323 e. The zero-order chi connectivity index (χ0) is 14.8. The molecule has 1 aliphatic rings. The van der Waals surface area contributed by atoms with Gasteiger partial charge in [-0.3, -0.25) is 4.90 Å². The van der Waals surface area contributed by atoms with E-state index in [9.17, 15) is 4.39 Å². The molecule has 2 N–H and O–H groups in total. The van der Waals surface area contributed by atoms with Gasteiger partial charge in [-0.1, -0.05) is 36.4 Å². The minimum Gasteiger partial charge on any atom is -0.323 e. The van der Waals surface area contributed by atoms with Crippen molar-refractivity contribution in [2.45, 2.75) is 31.5 Å². The smallest absolute Gasteiger partial charge is 0.123 e. The molecule has 110 valence electrons. The van der Waals surface area contributed by atoms with Crippen molar-refractivity contribution in [3.05, 3.63) is 71.0 Å². The van der Waals surface area contributed by atoms with Gasteiger partial charge in [-0.25, -0.2) is 4.39 Å². The number of hydrogen-bond acceptors (Lipinski definition) is 2. The summed E-state index contributed by atoms with van der Waals surface area (Å²) in [5.74, 6) is -0.190. The number of nitrogens with two attached hydrogens (primary N) is 1. The summed E-state index contributed by atoms with van der Waals surface area (Å²) in [6.45, 7) is 0.792. The van der Waals surface area contributed by atoms with Crippen LogP contribution in [0.15, 0.2) is 48.5 Å². The minimum atomic E-state index is -0.190. The van der Waals surface area contributed by atoms with E-state index in [1.807, 2.05) is 12.1 Å². The second-order valence-corrected chi connectivity index (χ2v) is 5.87. The number of likely N-dealkylation sites (N-methyl/N-ethyl adjacent to an activating group) is 1. The zero-order valence-corrected chi connectivity index (χ0v) is 12.3. The van der Waals surface area contributed by atoms with E-state index in [0.717, 1.165) is 24.9 Å². The van der Waals surface area contributed by atoms with Crippen LogP contribution in [0.4, 0.5) is 4.39 Å². The van der Waals surface area contributed by atoms with Gasteiger partial charge in [-0.2, -0.15) is 0 Å². The Morgan fingerprint density at radius 2 is 1.86 bits per heavy atom. The Morgan fingerprint density at radius 1 is 1.14 bits per heavy atom. The van der Waals surface area contributed by atoms with E-state index in [2.05, 4.69) is 36.2 Å². The summed E-state index contributed by atoms with van der Waals surface area (Å²) in [6.07, 6.45) is 2.14. The van der Waals surface area contributed by atoms with Gasteiger partial charge in [0.25, 0.3) is 0 Å². The first-order chi connectivity index (χ1) is 10.1. The van der Waals surface area contributed by atoms with Gasteiger partial charge in [0.15, 0.2) is 0 Å². The Balaban J connectivity index is 1.74. The Hall–Kier alpha value is -1.71. The monoisotopic (exact) mass is 284 g/mol. The highest BCUT2D eigenvalue weighted by molar-refractivity contribution is 5.33. The van der Waals surface area contributed by atoms with Crippen LogP contribution >= 0.6 is 0 Å². The maximum atomic E-state index is 13.0. The molecule has 0 saturated heterocycles. The SMILES string of the molecule is CN(Cc1ccc(F)cc1)C1CCc2ccccc2C1N. The molecule has 0 bridgehead atoms. The van der Waals surface area contributed by atoms with Crippen molar-refractivity contribution in [2.24, 2.45) is 5.73 Å². The van der Waals surface area contributed by atoms with Gasteiger partial charge in [0.1, 0.15) is 5.82 Å². The van der Waals surface area contributed by atoms with Gasteiger partial charge >= 0.3 is 0 Å².